The minimum Gasteiger partial charge on any atom is -0.493 e. The molecule has 2 bridgehead atoms. The number of carbonyl (C=O) groups excluding carboxylic acids is 2. The van der Waals surface area contributed by atoms with Crippen LogP contribution >= 0.6 is 0 Å². The van der Waals surface area contributed by atoms with Crippen molar-refractivity contribution >= 4 is 46.7 Å². The molecule has 0 spiro atoms. The second kappa shape index (κ2) is 10.0. The molecule has 1 aromatic heterocycles. The van der Waals surface area contributed by atoms with Crippen LogP contribution in [-0.2, 0) is 9.59 Å². The van der Waals surface area contributed by atoms with Crippen LogP contribution in [0, 0.1) is 0 Å². The number of para-hydroxylation sites is 1. The average molecular weight is 425 g/mol. The molecule has 1 aliphatic heterocycles. The lowest BCUT2D eigenvalue weighted by Gasteiger charge is -2.12. The number of fused-ring (bicyclic) bond motifs is 2. The van der Waals surface area contributed by atoms with Crippen LogP contribution in [0.1, 0.15) is 12.0 Å². The van der Waals surface area contributed by atoms with Gasteiger partial charge < -0.3 is 10.1 Å². The zero-order valence-corrected chi connectivity index (χ0v) is 17.0. The summed E-state index contributed by atoms with van der Waals surface area (Å²) in [5.41, 5.74) is 2.19. The Labute approximate surface area is 184 Å². The van der Waals surface area contributed by atoms with E-state index in [1.54, 1.807) is 6.08 Å². The molecule has 0 saturated heterocycles. The summed E-state index contributed by atoms with van der Waals surface area (Å²) in [6, 6.07) is 13.0. The first-order chi connectivity index (χ1) is 15.7. The van der Waals surface area contributed by atoms with Gasteiger partial charge in [-0.25, -0.2) is 20.0 Å². The second-order valence-corrected chi connectivity index (χ2v) is 6.72. The third-order valence-corrected chi connectivity index (χ3v) is 4.49. The van der Waals surface area contributed by atoms with Gasteiger partial charge in [0.15, 0.2) is 0 Å². The average Bonchev–Trinajstić information content (AvgIpc) is 2.81. The number of amides is 2. The van der Waals surface area contributed by atoms with Gasteiger partial charge in [-0.2, -0.15) is 0 Å². The quantitative estimate of drug-likeness (QED) is 0.587. The largest absolute Gasteiger partial charge is 0.493 e. The summed E-state index contributed by atoms with van der Waals surface area (Å²) >= 11 is 0. The number of carbonyl (C=O) groups is 2. The molecule has 2 aromatic carbocycles. The van der Waals surface area contributed by atoms with E-state index in [2.05, 4.69) is 25.3 Å². The highest BCUT2D eigenvalue weighted by molar-refractivity contribution is 6.03. The summed E-state index contributed by atoms with van der Waals surface area (Å²) in [6.07, 6.45) is 10.4. The summed E-state index contributed by atoms with van der Waals surface area (Å²) in [5, 5.41) is 4.09. The van der Waals surface area contributed by atoms with E-state index in [1.807, 2.05) is 42.5 Å². The van der Waals surface area contributed by atoms with Crippen LogP contribution < -0.4 is 10.1 Å². The molecule has 0 unspecified atom stereocenters. The molecular weight excluding hydrogens is 406 g/mol. The number of nitrogens with one attached hydrogen (secondary N) is 1. The van der Waals surface area contributed by atoms with Gasteiger partial charge in [0, 0.05) is 41.2 Å². The van der Waals surface area contributed by atoms with Crippen molar-refractivity contribution in [2.75, 3.05) is 11.9 Å². The van der Waals surface area contributed by atoms with E-state index in [1.165, 1.54) is 37.0 Å². The van der Waals surface area contributed by atoms with Gasteiger partial charge in [0.2, 0.25) is 0 Å². The monoisotopic (exact) mass is 425 g/mol. The van der Waals surface area contributed by atoms with E-state index < -0.39 is 11.8 Å². The molecule has 158 valence electrons. The number of rotatable bonds is 0. The molecular formula is C24H19N5O3. The number of allylic oxidation sites excluding steroid dienone is 1. The van der Waals surface area contributed by atoms with Gasteiger partial charge >= 0.3 is 0 Å². The normalized spacial score (nSPS) is 16.8. The first kappa shape index (κ1) is 20.8. The first-order valence-electron chi connectivity index (χ1n) is 9.92. The van der Waals surface area contributed by atoms with Crippen LogP contribution in [0.4, 0.5) is 11.5 Å². The Morgan fingerprint density at radius 2 is 1.81 bits per heavy atom. The van der Waals surface area contributed by atoms with Crippen molar-refractivity contribution in [2.45, 2.75) is 6.42 Å². The van der Waals surface area contributed by atoms with Crippen molar-refractivity contribution in [3.05, 3.63) is 78.7 Å². The maximum atomic E-state index is 12.0. The maximum Gasteiger partial charge on any atom is 0.269 e. The van der Waals surface area contributed by atoms with Gasteiger partial charge in [0.1, 0.15) is 17.9 Å². The predicted molar refractivity (Wildman–Crippen MR) is 124 cm³/mol. The van der Waals surface area contributed by atoms with Gasteiger partial charge in [-0.05, 0) is 36.8 Å². The van der Waals surface area contributed by atoms with Crippen molar-refractivity contribution in [1.82, 2.24) is 9.97 Å². The number of aliphatic imine (C=N–C) groups is 2. The minimum atomic E-state index is -0.474. The van der Waals surface area contributed by atoms with Crippen molar-refractivity contribution < 1.29 is 14.3 Å². The summed E-state index contributed by atoms with van der Waals surface area (Å²) in [4.78, 5) is 40.1. The smallest absolute Gasteiger partial charge is 0.269 e. The summed E-state index contributed by atoms with van der Waals surface area (Å²) in [6.45, 7) is 0.392. The molecule has 0 saturated carbocycles. The fourth-order valence-electron chi connectivity index (χ4n) is 2.97. The molecule has 2 amide bonds. The summed E-state index contributed by atoms with van der Waals surface area (Å²) in [5.74, 6) is 0.363. The van der Waals surface area contributed by atoms with Gasteiger partial charge in [-0.1, -0.05) is 24.3 Å². The molecule has 2 heterocycles. The maximum absolute atomic E-state index is 12.0. The lowest BCUT2D eigenvalue weighted by atomic mass is 10.1. The van der Waals surface area contributed by atoms with E-state index in [9.17, 15) is 9.59 Å². The van der Waals surface area contributed by atoms with Crippen LogP contribution in [0.2, 0.25) is 0 Å². The number of benzene rings is 2. The molecule has 1 N–H and O–H groups in total. The van der Waals surface area contributed by atoms with E-state index in [-0.39, 0.29) is 0 Å². The van der Waals surface area contributed by atoms with Crippen LogP contribution in [0.25, 0.3) is 10.9 Å². The molecule has 1 aliphatic rings. The van der Waals surface area contributed by atoms with Crippen LogP contribution in [0.3, 0.4) is 0 Å². The number of nitrogens with zero attached hydrogens (tertiary/aromatic N) is 4. The molecule has 0 fully saturated rings. The highest BCUT2D eigenvalue weighted by Gasteiger charge is 2.08. The lowest BCUT2D eigenvalue weighted by molar-refractivity contribution is -0.114. The van der Waals surface area contributed by atoms with E-state index in [0.29, 0.717) is 30.2 Å². The number of aromatic nitrogens is 2. The van der Waals surface area contributed by atoms with Crippen molar-refractivity contribution in [3.63, 3.8) is 0 Å². The highest BCUT2D eigenvalue weighted by atomic mass is 16.5. The van der Waals surface area contributed by atoms with E-state index >= 15 is 0 Å². The standard InChI is InChI=1S/C24H19N5O3/c30-22-8-3-4-13-32-18-10-11-21-19(14-18)24(28-16-27-21)29-20-7-2-1-6-17(20)15-26-23(31)9-5-12-25-22/h1-3,5-12,14-16H,4,13H2,(H,27,28,29)/b8-3-,9-5-,25-12?,26-15?. The number of anilines is 2. The molecule has 8 nitrogen and oxygen atoms in total. The molecule has 0 atom stereocenters. The predicted octanol–water partition coefficient (Wildman–Crippen LogP) is 3.81. The Hall–Kier alpha value is -4.46. The number of ether oxygens (including phenoxy) is 1. The SMILES string of the molecule is O=C1/C=C\C=NC(=O)/C=C\CCOc2ccc3ncnc(c3c2)Nc2ccccc2C=N1. The van der Waals surface area contributed by atoms with Crippen molar-refractivity contribution in [2.24, 2.45) is 9.98 Å². The Bertz CT molecular complexity index is 1280. The fourth-order valence-corrected chi connectivity index (χ4v) is 2.97. The molecule has 4 rings (SSSR count). The van der Waals surface area contributed by atoms with Gasteiger partial charge in [0.25, 0.3) is 11.8 Å². The molecule has 0 aliphatic carbocycles. The van der Waals surface area contributed by atoms with E-state index in [0.717, 1.165) is 16.6 Å². The summed E-state index contributed by atoms with van der Waals surface area (Å²) in [7, 11) is 0. The van der Waals surface area contributed by atoms with Gasteiger partial charge in [-0.3, -0.25) is 9.59 Å². The Balaban J connectivity index is 1.72. The molecule has 32 heavy (non-hydrogen) atoms. The molecule has 0 radical (unpaired) electrons. The summed E-state index contributed by atoms with van der Waals surface area (Å²) < 4.78 is 5.81. The number of hydrogen-bond donors (Lipinski definition) is 1. The van der Waals surface area contributed by atoms with Crippen molar-refractivity contribution in [3.8, 4) is 5.75 Å². The first-order valence-corrected chi connectivity index (χ1v) is 9.92. The highest BCUT2D eigenvalue weighted by Crippen LogP contribution is 2.27. The minimum absolute atomic E-state index is 0.392. The van der Waals surface area contributed by atoms with Crippen LogP contribution in [-0.4, -0.2) is 40.8 Å². The Morgan fingerprint density at radius 1 is 0.938 bits per heavy atom. The van der Waals surface area contributed by atoms with Crippen LogP contribution in [0.15, 0.2) is 83.1 Å². The Kier molecular flexibility index (Phi) is 6.52. The number of hydrogen-bond acceptors (Lipinski definition) is 6. The van der Waals surface area contributed by atoms with E-state index in [4.69, 9.17) is 4.74 Å². The second-order valence-electron chi connectivity index (χ2n) is 6.72. The fraction of sp³-hybridized carbons (Fsp3) is 0.0833. The van der Waals surface area contributed by atoms with Crippen LogP contribution in [0.5, 0.6) is 5.75 Å². The molecule has 3 aromatic rings. The van der Waals surface area contributed by atoms with Gasteiger partial charge in [-0.15, -0.1) is 0 Å². The zero-order valence-electron chi connectivity index (χ0n) is 17.0. The van der Waals surface area contributed by atoms with Crippen molar-refractivity contribution in [1.29, 1.82) is 0 Å². The zero-order chi connectivity index (χ0) is 22.2. The molecule has 8 heteroatoms. The Morgan fingerprint density at radius 3 is 2.75 bits per heavy atom. The topological polar surface area (TPSA) is 106 Å². The lowest BCUT2D eigenvalue weighted by Crippen LogP contribution is -2.01. The third-order valence-electron chi connectivity index (χ3n) is 4.49. The van der Waals surface area contributed by atoms with Gasteiger partial charge in [0.05, 0.1) is 12.1 Å². The third kappa shape index (κ3) is 5.37.